The van der Waals surface area contributed by atoms with Crippen molar-refractivity contribution < 1.29 is 17.9 Å². The summed E-state index contributed by atoms with van der Waals surface area (Å²) in [6, 6.07) is 13.2. The van der Waals surface area contributed by atoms with Gasteiger partial charge in [0, 0.05) is 19.6 Å². The Morgan fingerprint density at radius 2 is 1.48 bits per heavy atom. The molecule has 27 heavy (non-hydrogen) atoms. The van der Waals surface area contributed by atoms with E-state index in [-0.39, 0.29) is 0 Å². The zero-order chi connectivity index (χ0) is 19.1. The Balaban J connectivity index is 1.43. The topological polar surface area (TPSA) is 24.5 Å². The number of hydrogen-bond acceptors (Lipinski definition) is 3. The van der Waals surface area contributed by atoms with Crippen LogP contribution in [0.4, 0.5) is 13.2 Å². The Morgan fingerprint density at radius 1 is 0.889 bits per heavy atom. The Labute approximate surface area is 158 Å². The summed E-state index contributed by atoms with van der Waals surface area (Å²) in [6.07, 6.45) is -3.19. The molecule has 0 atom stereocenters. The van der Waals surface area contributed by atoms with Gasteiger partial charge in [-0.1, -0.05) is 36.4 Å². The first-order valence-electron chi connectivity index (χ1n) is 9.30. The fourth-order valence-electron chi connectivity index (χ4n) is 3.15. The maximum atomic E-state index is 12.6. The highest BCUT2D eigenvalue weighted by molar-refractivity contribution is 5.64. The molecule has 1 aliphatic rings. The summed E-state index contributed by atoms with van der Waals surface area (Å²) in [5, 5.41) is 3.44. The third-order valence-corrected chi connectivity index (χ3v) is 4.76. The van der Waals surface area contributed by atoms with Gasteiger partial charge in [0.1, 0.15) is 0 Å². The molecule has 0 aliphatic carbocycles. The van der Waals surface area contributed by atoms with Crippen LogP contribution in [-0.2, 0) is 17.5 Å². The minimum absolute atomic E-state index is 0.621. The summed E-state index contributed by atoms with van der Waals surface area (Å²) in [5.41, 5.74) is 2.24. The summed E-state index contributed by atoms with van der Waals surface area (Å²) < 4.78 is 43.3. The van der Waals surface area contributed by atoms with Crippen LogP contribution in [0.15, 0.2) is 48.5 Å². The molecular weight excluding hydrogens is 353 g/mol. The molecule has 6 heteroatoms. The zero-order valence-electron chi connectivity index (χ0n) is 15.3. The molecule has 1 fully saturated rings. The van der Waals surface area contributed by atoms with Gasteiger partial charge in [0.25, 0.3) is 0 Å². The second-order valence-electron chi connectivity index (χ2n) is 6.76. The minimum atomic E-state index is -4.30. The minimum Gasteiger partial charge on any atom is -0.379 e. The predicted molar refractivity (Wildman–Crippen MR) is 100 cm³/mol. The molecule has 0 aromatic heterocycles. The molecule has 0 saturated carbocycles. The molecule has 0 spiro atoms. The maximum absolute atomic E-state index is 12.6. The number of alkyl halides is 3. The summed E-state index contributed by atoms with van der Waals surface area (Å²) in [6.45, 7) is 6.53. The lowest BCUT2D eigenvalue weighted by atomic mass is 10.0. The van der Waals surface area contributed by atoms with Gasteiger partial charge in [-0.3, -0.25) is 4.90 Å². The molecule has 3 rings (SSSR count). The Bertz CT molecular complexity index is 693. The van der Waals surface area contributed by atoms with Crippen molar-refractivity contribution in [3.8, 4) is 11.1 Å². The highest BCUT2D eigenvalue weighted by atomic mass is 19.4. The number of rotatable bonds is 7. The molecule has 146 valence electrons. The van der Waals surface area contributed by atoms with Gasteiger partial charge in [-0.05, 0) is 48.3 Å². The molecule has 0 radical (unpaired) electrons. The van der Waals surface area contributed by atoms with Crippen molar-refractivity contribution in [1.82, 2.24) is 10.2 Å². The van der Waals surface area contributed by atoms with Gasteiger partial charge >= 0.3 is 6.18 Å². The van der Waals surface area contributed by atoms with E-state index in [9.17, 15) is 13.2 Å². The zero-order valence-corrected chi connectivity index (χ0v) is 15.3. The highest BCUT2D eigenvalue weighted by Crippen LogP contribution is 2.31. The summed E-state index contributed by atoms with van der Waals surface area (Å²) in [7, 11) is 0. The van der Waals surface area contributed by atoms with Crippen LogP contribution in [-0.4, -0.2) is 44.3 Å². The van der Waals surface area contributed by atoms with E-state index in [0.717, 1.165) is 81.2 Å². The summed E-state index contributed by atoms with van der Waals surface area (Å²) in [4.78, 5) is 2.42. The number of benzene rings is 2. The summed E-state index contributed by atoms with van der Waals surface area (Å²) >= 11 is 0. The third kappa shape index (κ3) is 6.06. The van der Waals surface area contributed by atoms with E-state index in [4.69, 9.17) is 4.74 Å². The van der Waals surface area contributed by atoms with Crippen LogP contribution >= 0.6 is 0 Å². The van der Waals surface area contributed by atoms with Gasteiger partial charge < -0.3 is 10.1 Å². The van der Waals surface area contributed by atoms with Crippen LogP contribution in [0, 0.1) is 0 Å². The number of ether oxygens (including phenoxy) is 1. The maximum Gasteiger partial charge on any atom is 0.416 e. The van der Waals surface area contributed by atoms with Gasteiger partial charge in [0.15, 0.2) is 0 Å². The molecular formula is C21H25F3N2O. The molecule has 0 amide bonds. The molecule has 3 nitrogen and oxygen atoms in total. The van der Waals surface area contributed by atoms with Gasteiger partial charge in [-0.25, -0.2) is 0 Å². The van der Waals surface area contributed by atoms with E-state index >= 15 is 0 Å². The Hall–Kier alpha value is -1.89. The average Bonchev–Trinajstić information content (AvgIpc) is 2.68. The number of halogens is 3. The number of nitrogens with one attached hydrogen (secondary N) is 1. The van der Waals surface area contributed by atoms with Crippen molar-refractivity contribution in [3.63, 3.8) is 0 Å². The van der Waals surface area contributed by atoms with Crippen molar-refractivity contribution in [3.05, 3.63) is 59.7 Å². The van der Waals surface area contributed by atoms with E-state index in [0.29, 0.717) is 0 Å². The molecule has 0 unspecified atom stereocenters. The normalized spacial score (nSPS) is 15.8. The van der Waals surface area contributed by atoms with Gasteiger partial charge in [0.05, 0.1) is 18.8 Å². The van der Waals surface area contributed by atoms with Crippen molar-refractivity contribution in [2.75, 3.05) is 39.4 Å². The van der Waals surface area contributed by atoms with Crippen LogP contribution in [0.3, 0.4) is 0 Å². The van der Waals surface area contributed by atoms with E-state index in [1.165, 1.54) is 12.1 Å². The standard InChI is InChI=1S/C21H25F3N2O/c22-21(23,24)20-8-6-19(7-9-20)18-4-2-17(3-5-18)16-25-10-1-11-26-12-14-27-15-13-26/h2-9,25H,1,10-16H2. The Kier molecular flexibility index (Phi) is 6.88. The number of hydrogen-bond donors (Lipinski definition) is 1. The van der Waals surface area contributed by atoms with Crippen molar-refractivity contribution in [2.24, 2.45) is 0 Å². The quantitative estimate of drug-likeness (QED) is 0.732. The number of nitrogens with zero attached hydrogens (tertiary/aromatic N) is 1. The largest absolute Gasteiger partial charge is 0.416 e. The van der Waals surface area contributed by atoms with Crippen molar-refractivity contribution in [1.29, 1.82) is 0 Å². The smallest absolute Gasteiger partial charge is 0.379 e. The van der Waals surface area contributed by atoms with Gasteiger partial charge in [-0.2, -0.15) is 13.2 Å². The van der Waals surface area contributed by atoms with Crippen LogP contribution in [0.5, 0.6) is 0 Å². The monoisotopic (exact) mass is 378 g/mol. The molecule has 0 bridgehead atoms. The van der Waals surface area contributed by atoms with E-state index in [1.807, 2.05) is 24.3 Å². The first kappa shape index (κ1) is 19.9. The second-order valence-corrected chi connectivity index (χ2v) is 6.76. The van der Waals surface area contributed by atoms with Crippen LogP contribution in [0.1, 0.15) is 17.5 Å². The summed E-state index contributed by atoms with van der Waals surface area (Å²) in [5.74, 6) is 0. The van der Waals surface area contributed by atoms with Crippen LogP contribution in [0.25, 0.3) is 11.1 Å². The SMILES string of the molecule is FC(F)(F)c1ccc(-c2ccc(CNCCCN3CCOCC3)cc2)cc1. The molecule has 1 saturated heterocycles. The van der Waals surface area contributed by atoms with Crippen LogP contribution in [0.2, 0.25) is 0 Å². The lowest BCUT2D eigenvalue weighted by Gasteiger charge is -2.26. The predicted octanol–water partition coefficient (Wildman–Crippen LogP) is 4.18. The lowest BCUT2D eigenvalue weighted by molar-refractivity contribution is -0.137. The first-order chi connectivity index (χ1) is 13.0. The number of morpholine rings is 1. The lowest BCUT2D eigenvalue weighted by Crippen LogP contribution is -2.37. The highest BCUT2D eigenvalue weighted by Gasteiger charge is 2.29. The van der Waals surface area contributed by atoms with Crippen LogP contribution < -0.4 is 5.32 Å². The third-order valence-electron chi connectivity index (χ3n) is 4.76. The molecule has 2 aromatic rings. The first-order valence-corrected chi connectivity index (χ1v) is 9.30. The molecule has 2 aromatic carbocycles. The molecule has 1 heterocycles. The van der Waals surface area contributed by atoms with E-state index in [2.05, 4.69) is 10.2 Å². The van der Waals surface area contributed by atoms with Crippen molar-refractivity contribution >= 4 is 0 Å². The van der Waals surface area contributed by atoms with Gasteiger partial charge in [-0.15, -0.1) is 0 Å². The molecule has 1 aliphatic heterocycles. The van der Waals surface area contributed by atoms with E-state index in [1.54, 1.807) is 0 Å². The second kappa shape index (κ2) is 9.35. The average molecular weight is 378 g/mol. The Morgan fingerprint density at radius 3 is 2.07 bits per heavy atom. The van der Waals surface area contributed by atoms with E-state index < -0.39 is 11.7 Å². The molecule has 1 N–H and O–H groups in total. The fourth-order valence-corrected chi connectivity index (χ4v) is 3.15. The van der Waals surface area contributed by atoms with Gasteiger partial charge in [0.2, 0.25) is 0 Å². The fraction of sp³-hybridized carbons (Fsp3) is 0.429. The van der Waals surface area contributed by atoms with Crippen molar-refractivity contribution in [2.45, 2.75) is 19.1 Å².